The van der Waals surface area contributed by atoms with Crippen LogP contribution in [0.5, 0.6) is 0 Å². The van der Waals surface area contributed by atoms with Gasteiger partial charge >= 0.3 is 0 Å². The Morgan fingerprint density at radius 1 is 1.33 bits per heavy atom. The lowest BCUT2D eigenvalue weighted by atomic mass is 10.1. The van der Waals surface area contributed by atoms with Crippen molar-refractivity contribution in [3.63, 3.8) is 0 Å². The highest BCUT2D eigenvalue weighted by atomic mass is 16.3. The second-order valence-corrected chi connectivity index (χ2v) is 4.65. The van der Waals surface area contributed by atoms with Crippen LogP contribution >= 0.6 is 0 Å². The summed E-state index contributed by atoms with van der Waals surface area (Å²) in [5.74, 6) is 1.85. The number of carbonyl (C=O) groups excluding carboxylic acids is 1. The Bertz CT molecular complexity index is 338. The molecule has 0 radical (unpaired) electrons. The zero-order valence-corrected chi connectivity index (χ0v) is 8.61. The lowest BCUT2D eigenvalue weighted by Crippen LogP contribution is -2.37. The minimum Gasteiger partial charge on any atom is -0.459 e. The zero-order chi connectivity index (χ0) is 10.3. The monoisotopic (exact) mass is 205 g/mol. The van der Waals surface area contributed by atoms with Gasteiger partial charge in [0.15, 0.2) is 5.76 Å². The van der Waals surface area contributed by atoms with Crippen molar-refractivity contribution >= 4 is 5.91 Å². The summed E-state index contributed by atoms with van der Waals surface area (Å²) in [5.41, 5.74) is 0. The average molecular weight is 205 g/mol. The van der Waals surface area contributed by atoms with Crippen molar-refractivity contribution in [3.05, 3.63) is 24.2 Å². The van der Waals surface area contributed by atoms with E-state index in [2.05, 4.69) is 5.32 Å². The Morgan fingerprint density at radius 2 is 2.00 bits per heavy atom. The van der Waals surface area contributed by atoms with Crippen LogP contribution in [-0.4, -0.2) is 11.9 Å². The van der Waals surface area contributed by atoms with Crippen molar-refractivity contribution in [1.82, 2.24) is 5.32 Å². The normalized spacial score (nSPS) is 20.6. The summed E-state index contributed by atoms with van der Waals surface area (Å²) in [6.07, 6.45) is 6.65. The van der Waals surface area contributed by atoms with Crippen molar-refractivity contribution in [2.75, 3.05) is 0 Å². The molecule has 3 nitrogen and oxygen atoms in total. The topological polar surface area (TPSA) is 42.2 Å². The van der Waals surface area contributed by atoms with E-state index in [4.69, 9.17) is 4.42 Å². The van der Waals surface area contributed by atoms with E-state index in [1.807, 2.05) is 0 Å². The quantitative estimate of drug-likeness (QED) is 0.818. The summed E-state index contributed by atoms with van der Waals surface area (Å²) in [7, 11) is 0. The smallest absolute Gasteiger partial charge is 0.287 e. The fraction of sp³-hybridized carbons (Fsp3) is 0.583. The largest absolute Gasteiger partial charge is 0.459 e. The number of amides is 1. The van der Waals surface area contributed by atoms with Crippen LogP contribution in [0.4, 0.5) is 0 Å². The first-order valence-electron chi connectivity index (χ1n) is 5.69. The molecule has 2 aliphatic carbocycles. The molecule has 0 spiro atoms. The Hall–Kier alpha value is -1.25. The minimum absolute atomic E-state index is 0.0520. The van der Waals surface area contributed by atoms with Gasteiger partial charge in [-0.2, -0.15) is 0 Å². The Balaban J connectivity index is 1.65. The van der Waals surface area contributed by atoms with Crippen molar-refractivity contribution in [2.45, 2.75) is 31.7 Å². The van der Waals surface area contributed by atoms with Crippen LogP contribution < -0.4 is 5.32 Å². The molecule has 1 N–H and O–H groups in total. The molecule has 1 heterocycles. The second-order valence-electron chi connectivity index (χ2n) is 4.65. The predicted octanol–water partition coefficient (Wildman–Crippen LogP) is 2.20. The van der Waals surface area contributed by atoms with Gasteiger partial charge in [-0.15, -0.1) is 0 Å². The molecule has 2 aliphatic rings. The Morgan fingerprint density at radius 3 is 2.47 bits per heavy atom. The zero-order valence-electron chi connectivity index (χ0n) is 8.61. The van der Waals surface area contributed by atoms with Crippen LogP contribution in [0.3, 0.4) is 0 Å². The van der Waals surface area contributed by atoms with Gasteiger partial charge in [0.25, 0.3) is 5.91 Å². The summed E-state index contributed by atoms with van der Waals surface area (Å²) in [6, 6.07) is 3.87. The van der Waals surface area contributed by atoms with E-state index >= 15 is 0 Å². The maximum absolute atomic E-state index is 11.8. The van der Waals surface area contributed by atoms with Crippen molar-refractivity contribution < 1.29 is 9.21 Å². The first-order chi connectivity index (χ1) is 7.34. The first kappa shape index (κ1) is 9.01. The molecule has 0 bridgehead atoms. The van der Waals surface area contributed by atoms with Gasteiger partial charge in [0.05, 0.1) is 6.26 Å². The number of nitrogens with one attached hydrogen (secondary N) is 1. The fourth-order valence-electron chi connectivity index (χ4n) is 2.16. The molecule has 3 rings (SSSR count). The molecule has 15 heavy (non-hydrogen) atoms. The third kappa shape index (κ3) is 1.91. The number of carbonyl (C=O) groups is 1. The first-order valence-corrected chi connectivity index (χ1v) is 5.69. The van der Waals surface area contributed by atoms with Crippen LogP contribution in [0.1, 0.15) is 36.2 Å². The Labute approximate surface area is 88.8 Å². The molecule has 0 unspecified atom stereocenters. The summed E-state index contributed by atoms with van der Waals surface area (Å²) < 4.78 is 5.08. The third-order valence-corrected chi connectivity index (χ3v) is 3.30. The molecule has 2 saturated carbocycles. The maximum Gasteiger partial charge on any atom is 0.287 e. The maximum atomic E-state index is 11.8. The lowest BCUT2D eigenvalue weighted by Gasteiger charge is -2.16. The highest BCUT2D eigenvalue weighted by Crippen LogP contribution is 2.44. The molecule has 3 heteroatoms. The molecule has 0 aliphatic heterocycles. The number of hydrogen-bond donors (Lipinski definition) is 1. The predicted molar refractivity (Wildman–Crippen MR) is 55.4 cm³/mol. The standard InChI is InChI=1S/C12H15NO2/c14-12(10-2-1-7-15-10)13-11(8-3-4-8)9-5-6-9/h1-2,7-9,11H,3-6H2,(H,13,14). The third-order valence-electron chi connectivity index (χ3n) is 3.30. The average Bonchev–Trinajstić information content (AvgIpc) is 3.15. The summed E-state index contributed by atoms with van der Waals surface area (Å²) in [5, 5.41) is 3.11. The molecular weight excluding hydrogens is 190 g/mol. The minimum atomic E-state index is -0.0520. The molecule has 0 aromatic carbocycles. The SMILES string of the molecule is O=C(NC(C1CC1)C1CC1)c1ccco1. The molecule has 80 valence electrons. The van der Waals surface area contributed by atoms with Gasteiger partial charge in [-0.3, -0.25) is 4.79 Å². The highest BCUT2D eigenvalue weighted by molar-refractivity contribution is 5.91. The van der Waals surface area contributed by atoms with E-state index in [1.54, 1.807) is 12.1 Å². The summed E-state index contributed by atoms with van der Waals surface area (Å²) >= 11 is 0. The van der Waals surface area contributed by atoms with Crippen molar-refractivity contribution in [1.29, 1.82) is 0 Å². The second kappa shape index (κ2) is 3.40. The van der Waals surface area contributed by atoms with Crippen molar-refractivity contribution in [3.8, 4) is 0 Å². The Kier molecular flexibility index (Phi) is 2.04. The van der Waals surface area contributed by atoms with E-state index in [0.29, 0.717) is 11.8 Å². The van der Waals surface area contributed by atoms with E-state index in [0.717, 1.165) is 11.8 Å². The molecule has 0 saturated heterocycles. The van der Waals surface area contributed by atoms with Gasteiger partial charge in [0.2, 0.25) is 0 Å². The summed E-state index contributed by atoms with van der Waals surface area (Å²) in [4.78, 5) is 11.8. The van der Waals surface area contributed by atoms with Crippen LogP contribution in [0.25, 0.3) is 0 Å². The molecular formula is C12H15NO2. The number of furan rings is 1. The summed E-state index contributed by atoms with van der Waals surface area (Å²) in [6.45, 7) is 0. The van der Waals surface area contributed by atoms with Crippen LogP contribution in [-0.2, 0) is 0 Å². The fourth-order valence-corrected chi connectivity index (χ4v) is 2.16. The van der Waals surface area contributed by atoms with Crippen LogP contribution in [0.2, 0.25) is 0 Å². The van der Waals surface area contributed by atoms with E-state index in [1.165, 1.54) is 31.9 Å². The van der Waals surface area contributed by atoms with Gasteiger partial charge in [-0.25, -0.2) is 0 Å². The molecule has 0 atom stereocenters. The molecule has 1 aromatic rings. The number of rotatable bonds is 4. The van der Waals surface area contributed by atoms with Gasteiger partial charge in [0, 0.05) is 6.04 Å². The number of hydrogen-bond acceptors (Lipinski definition) is 2. The lowest BCUT2D eigenvalue weighted by molar-refractivity contribution is 0.0898. The van der Waals surface area contributed by atoms with E-state index in [-0.39, 0.29) is 5.91 Å². The van der Waals surface area contributed by atoms with Crippen LogP contribution in [0, 0.1) is 11.8 Å². The van der Waals surface area contributed by atoms with Gasteiger partial charge in [0.1, 0.15) is 0 Å². The van der Waals surface area contributed by atoms with Crippen molar-refractivity contribution in [2.24, 2.45) is 11.8 Å². The molecule has 2 fully saturated rings. The van der Waals surface area contributed by atoms with Gasteiger partial charge in [-0.05, 0) is 49.7 Å². The molecule has 1 amide bonds. The van der Waals surface area contributed by atoms with Gasteiger partial charge < -0.3 is 9.73 Å². The molecule has 1 aromatic heterocycles. The van der Waals surface area contributed by atoms with E-state index < -0.39 is 0 Å². The van der Waals surface area contributed by atoms with E-state index in [9.17, 15) is 4.79 Å². The highest BCUT2D eigenvalue weighted by Gasteiger charge is 2.42. The van der Waals surface area contributed by atoms with Gasteiger partial charge in [-0.1, -0.05) is 0 Å². The van der Waals surface area contributed by atoms with Crippen LogP contribution in [0.15, 0.2) is 22.8 Å².